The SMILES string of the molecule is Cn1cc(CCN2CCCc3cc(/C=C/C(=O)NO)ccc3C2)c(-c2ccccc2)n1. The van der Waals surface area contributed by atoms with Gasteiger partial charge in [0, 0.05) is 38.0 Å². The number of rotatable bonds is 6. The molecule has 1 aliphatic rings. The number of carbonyl (C=O) groups is 1. The van der Waals surface area contributed by atoms with Crippen molar-refractivity contribution in [1.82, 2.24) is 20.2 Å². The van der Waals surface area contributed by atoms with Crippen LogP contribution in [0.5, 0.6) is 0 Å². The van der Waals surface area contributed by atoms with Crippen LogP contribution >= 0.6 is 0 Å². The first-order valence-electron chi connectivity index (χ1n) is 10.7. The molecule has 1 aliphatic heterocycles. The van der Waals surface area contributed by atoms with Gasteiger partial charge in [-0.05, 0) is 54.1 Å². The van der Waals surface area contributed by atoms with Crippen LogP contribution in [0, 0.1) is 0 Å². The van der Waals surface area contributed by atoms with Gasteiger partial charge in [-0.2, -0.15) is 5.10 Å². The zero-order valence-electron chi connectivity index (χ0n) is 17.8. The number of nitrogens with zero attached hydrogens (tertiary/aromatic N) is 3. The summed E-state index contributed by atoms with van der Waals surface area (Å²) in [4.78, 5) is 13.7. The molecule has 2 N–H and O–H groups in total. The second kappa shape index (κ2) is 9.73. The normalized spacial score (nSPS) is 14.4. The summed E-state index contributed by atoms with van der Waals surface area (Å²) in [7, 11) is 1.98. The maximum Gasteiger partial charge on any atom is 0.267 e. The number of hydrogen-bond donors (Lipinski definition) is 2. The molecule has 0 atom stereocenters. The maximum absolute atomic E-state index is 11.2. The molecule has 2 aromatic carbocycles. The highest BCUT2D eigenvalue weighted by atomic mass is 16.5. The summed E-state index contributed by atoms with van der Waals surface area (Å²) >= 11 is 0. The Morgan fingerprint density at radius 2 is 2.03 bits per heavy atom. The minimum absolute atomic E-state index is 0.522. The van der Waals surface area contributed by atoms with Gasteiger partial charge in [-0.1, -0.05) is 48.5 Å². The van der Waals surface area contributed by atoms with E-state index in [0.717, 1.165) is 55.7 Å². The minimum Gasteiger partial charge on any atom is -0.299 e. The predicted octanol–water partition coefficient (Wildman–Crippen LogP) is 3.60. The van der Waals surface area contributed by atoms with Crippen LogP contribution in [-0.2, 0) is 31.2 Å². The van der Waals surface area contributed by atoms with Crippen LogP contribution in [0.4, 0.5) is 0 Å². The lowest BCUT2D eigenvalue weighted by molar-refractivity contribution is -0.124. The van der Waals surface area contributed by atoms with Crippen molar-refractivity contribution in [2.24, 2.45) is 7.05 Å². The first-order valence-corrected chi connectivity index (χ1v) is 10.7. The quantitative estimate of drug-likeness (QED) is 0.366. The number of carbonyl (C=O) groups excluding carboxylic acids is 1. The number of hydrogen-bond acceptors (Lipinski definition) is 4. The number of hydroxylamine groups is 1. The average Bonchev–Trinajstić information content (AvgIpc) is 3.05. The smallest absolute Gasteiger partial charge is 0.267 e. The molecule has 3 aromatic rings. The second-order valence-corrected chi connectivity index (χ2v) is 8.01. The molecule has 1 amide bonds. The number of amides is 1. The second-order valence-electron chi connectivity index (χ2n) is 8.01. The molecule has 31 heavy (non-hydrogen) atoms. The zero-order valence-corrected chi connectivity index (χ0v) is 17.8. The highest BCUT2D eigenvalue weighted by Crippen LogP contribution is 2.24. The van der Waals surface area contributed by atoms with Crippen molar-refractivity contribution < 1.29 is 10.0 Å². The Kier molecular flexibility index (Phi) is 6.60. The molecular weight excluding hydrogens is 388 g/mol. The monoisotopic (exact) mass is 416 g/mol. The molecule has 1 aromatic heterocycles. The number of aromatic nitrogens is 2. The molecule has 6 heteroatoms. The Bertz CT molecular complexity index is 1070. The van der Waals surface area contributed by atoms with Crippen molar-refractivity contribution in [3.05, 3.63) is 83.1 Å². The molecule has 0 unspecified atom stereocenters. The van der Waals surface area contributed by atoms with Gasteiger partial charge in [0.15, 0.2) is 0 Å². The van der Waals surface area contributed by atoms with E-state index in [4.69, 9.17) is 10.3 Å². The molecule has 0 aliphatic carbocycles. The molecule has 160 valence electrons. The third-order valence-corrected chi connectivity index (χ3v) is 5.73. The third-order valence-electron chi connectivity index (χ3n) is 5.73. The predicted molar refractivity (Wildman–Crippen MR) is 121 cm³/mol. The van der Waals surface area contributed by atoms with Gasteiger partial charge in [0.25, 0.3) is 5.91 Å². The Morgan fingerprint density at radius 1 is 1.19 bits per heavy atom. The van der Waals surface area contributed by atoms with Crippen LogP contribution in [-0.4, -0.2) is 38.9 Å². The fourth-order valence-electron chi connectivity index (χ4n) is 4.19. The van der Waals surface area contributed by atoms with Crippen LogP contribution in [0.2, 0.25) is 0 Å². The standard InChI is InChI=1S/C25H28N4O2/c1-28-17-23(25(26-28)20-6-3-2-4-7-20)13-15-29-14-5-8-21-16-19(9-11-22(21)18-29)10-12-24(30)27-31/h2-4,6-7,9-12,16-17,31H,5,8,13-15,18H2,1H3,(H,27,30)/b12-10+. The summed E-state index contributed by atoms with van der Waals surface area (Å²) in [5.74, 6) is -0.522. The fraction of sp³-hybridized carbons (Fsp3) is 0.280. The van der Waals surface area contributed by atoms with E-state index in [1.54, 1.807) is 11.6 Å². The summed E-state index contributed by atoms with van der Waals surface area (Å²) < 4.78 is 1.90. The third kappa shape index (κ3) is 5.29. The van der Waals surface area contributed by atoms with E-state index in [1.807, 2.05) is 23.9 Å². The van der Waals surface area contributed by atoms with Crippen LogP contribution in [0.25, 0.3) is 17.3 Å². The first kappa shape index (κ1) is 21.0. The fourth-order valence-corrected chi connectivity index (χ4v) is 4.19. The Balaban J connectivity index is 1.44. The van der Waals surface area contributed by atoms with Crippen LogP contribution in [0.3, 0.4) is 0 Å². The molecule has 0 fully saturated rings. The van der Waals surface area contributed by atoms with Gasteiger partial charge in [-0.25, -0.2) is 5.48 Å². The van der Waals surface area contributed by atoms with Crippen molar-refractivity contribution in [3.63, 3.8) is 0 Å². The summed E-state index contributed by atoms with van der Waals surface area (Å²) in [5, 5.41) is 13.3. The lowest BCUT2D eigenvalue weighted by Crippen LogP contribution is -2.25. The highest BCUT2D eigenvalue weighted by molar-refractivity contribution is 5.90. The first-order chi connectivity index (χ1) is 15.1. The molecule has 2 heterocycles. The van der Waals surface area contributed by atoms with Crippen LogP contribution in [0.15, 0.2) is 60.8 Å². The van der Waals surface area contributed by atoms with E-state index in [9.17, 15) is 4.79 Å². The summed E-state index contributed by atoms with van der Waals surface area (Å²) in [6, 6.07) is 16.7. The Labute approximate surface area is 182 Å². The van der Waals surface area contributed by atoms with Gasteiger partial charge < -0.3 is 0 Å². The van der Waals surface area contributed by atoms with Crippen molar-refractivity contribution in [2.45, 2.75) is 25.8 Å². The van der Waals surface area contributed by atoms with E-state index >= 15 is 0 Å². The van der Waals surface area contributed by atoms with Crippen LogP contribution in [0.1, 0.15) is 28.7 Å². The van der Waals surface area contributed by atoms with Crippen molar-refractivity contribution in [3.8, 4) is 11.3 Å². The molecule has 0 radical (unpaired) electrons. The van der Waals surface area contributed by atoms with Gasteiger partial charge in [-0.15, -0.1) is 0 Å². The molecular formula is C25H28N4O2. The van der Waals surface area contributed by atoms with E-state index in [0.29, 0.717) is 0 Å². The summed E-state index contributed by atoms with van der Waals surface area (Å²) in [5.41, 5.74) is 8.78. The van der Waals surface area contributed by atoms with Gasteiger partial charge in [-0.3, -0.25) is 19.6 Å². The van der Waals surface area contributed by atoms with Crippen LogP contribution < -0.4 is 5.48 Å². The van der Waals surface area contributed by atoms with E-state index < -0.39 is 5.91 Å². The largest absolute Gasteiger partial charge is 0.299 e. The number of nitrogens with one attached hydrogen (secondary N) is 1. The van der Waals surface area contributed by atoms with Crippen molar-refractivity contribution in [1.29, 1.82) is 0 Å². The van der Waals surface area contributed by atoms with Crippen molar-refractivity contribution >= 4 is 12.0 Å². The lowest BCUT2D eigenvalue weighted by Gasteiger charge is -2.20. The molecule has 0 saturated heterocycles. The minimum atomic E-state index is -0.522. The molecule has 0 bridgehead atoms. The van der Waals surface area contributed by atoms with E-state index in [2.05, 4.69) is 47.5 Å². The lowest BCUT2D eigenvalue weighted by atomic mass is 10.0. The molecule has 0 spiro atoms. The maximum atomic E-state index is 11.2. The Hall–Kier alpha value is -3.22. The highest BCUT2D eigenvalue weighted by Gasteiger charge is 2.16. The molecule has 0 saturated carbocycles. The summed E-state index contributed by atoms with van der Waals surface area (Å²) in [6.45, 7) is 2.98. The number of aryl methyl sites for hydroxylation is 2. The molecule has 6 nitrogen and oxygen atoms in total. The Morgan fingerprint density at radius 3 is 2.84 bits per heavy atom. The van der Waals surface area contributed by atoms with Gasteiger partial charge >= 0.3 is 0 Å². The topological polar surface area (TPSA) is 70.4 Å². The van der Waals surface area contributed by atoms with Crippen molar-refractivity contribution in [2.75, 3.05) is 13.1 Å². The van der Waals surface area contributed by atoms with Gasteiger partial charge in [0.05, 0.1) is 5.69 Å². The number of benzene rings is 2. The summed E-state index contributed by atoms with van der Waals surface area (Å²) in [6.07, 6.45) is 8.29. The van der Waals surface area contributed by atoms with E-state index in [-0.39, 0.29) is 0 Å². The van der Waals surface area contributed by atoms with Gasteiger partial charge in [0.2, 0.25) is 0 Å². The number of fused-ring (bicyclic) bond motifs is 1. The van der Waals surface area contributed by atoms with E-state index in [1.165, 1.54) is 22.8 Å². The molecule has 4 rings (SSSR count). The average molecular weight is 417 g/mol. The zero-order chi connectivity index (χ0) is 21.6. The van der Waals surface area contributed by atoms with Gasteiger partial charge in [0.1, 0.15) is 0 Å².